The quantitative estimate of drug-likeness (QED) is 0.720. The van der Waals surface area contributed by atoms with Crippen LogP contribution in [0.5, 0.6) is 11.5 Å². The molecule has 21 heavy (non-hydrogen) atoms. The topological polar surface area (TPSA) is 78.8 Å². The molecule has 3 N–H and O–H groups in total. The molecule has 0 saturated heterocycles. The van der Waals surface area contributed by atoms with Crippen molar-refractivity contribution in [3.63, 3.8) is 0 Å². The van der Waals surface area contributed by atoms with Gasteiger partial charge in [-0.05, 0) is 12.3 Å². The van der Waals surface area contributed by atoms with Gasteiger partial charge in [-0.3, -0.25) is 4.79 Å². The lowest BCUT2D eigenvalue weighted by molar-refractivity contribution is -0.140. The Balaban J connectivity index is 2.96. The van der Waals surface area contributed by atoms with Crippen LogP contribution in [0.3, 0.4) is 0 Å². The highest BCUT2D eigenvalue weighted by Gasteiger charge is 2.22. The molecule has 0 spiro atoms. The Morgan fingerprint density at radius 3 is 2.62 bits per heavy atom. The molecular weight excluding hydrogens is 301 g/mol. The molecule has 7 heteroatoms. The van der Waals surface area contributed by atoms with Gasteiger partial charge >= 0.3 is 5.97 Å². The molecule has 0 amide bonds. The number of hydrogen-bond acceptors (Lipinski definition) is 4. The van der Waals surface area contributed by atoms with E-state index in [2.05, 4.69) is 5.32 Å². The first-order valence-corrected chi connectivity index (χ1v) is 6.85. The zero-order valence-electron chi connectivity index (χ0n) is 12.1. The van der Waals surface area contributed by atoms with Gasteiger partial charge in [-0.2, -0.15) is 0 Å². The SMILES string of the molecule is COc1cc(O)c(Cl)c(F)c1CNC(CC(C)C)C(=O)O. The molecule has 1 aromatic carbocycles. The van der Waals surface area contributed by atoms with Crippen LogP contribution in [-0.2, 0) is 11.3 Å². The normalized spacial score (nSPS) is 12.5. The van der Waals surface area contributed by atoms with E-state index in [4.69, 9.17) is 21.4 Å². The second kappa shape index (κ2) is 7.47. The van der Waals surface area contributed by atoms with Crippen molar-refractivity contribution in [3.05, 3.63) is 22.5 Å². The van der Waals surface area contributed by atoms with Gasteiger partial charge in [0.2, 0.25) is 0 Å². The van der Waals surface area contributed by atoms with Gasteiger partial charge in [0, 0.05) is 18.2 Å². The lowest BCUT2D eigenvalue weighted by atomic mass is 10.0. The van der Waals surface area contributed by atoms with Crippen LogP contribution < -0.4 is 10.1 Å². The maximum absolute atomic E-state index is 14.1. The van der Waals surface area contributed by atoms with Crippen LogP contribution in [0, 0.1) is 11.7 Å². The average molecular weight is 320 g/mol. The summed E-state index contributed by atoms with van der Waals surface area (Å²) in [6, 6.07) is 0.391. The van der Waals surface area contributed by atoms with Crippen molar-refractivity contribution in [1.29, 1.82) is 0 Å². The van der Waals surface area contributed by atoms with E-state index in [0.29, 0.717) is 6.42 Å². The summed E-state index contributed by atoms with van der Waals surface area (Å²) in [5, 5.41) is 21.0. The maximum Gasteiger partial charge on any atom is 0.320 e. The lowest BCUT2D eigenvalue weighted by Gasteiger charge is -2.18. The number of carbonyl (C=O) groups is 1. The number of nitrogens with one attached hydrogen (secondary N) is 1. The number of aromatic hydroxyl groups is 1. The van der Waals surface area contributed by atoms with Crippen LogP contribution in [0.2, 0.25) is 5.02 Å². The molecule has 1 rings (SSSR count). The zero-order chi connectivity index (χ0) is 16.2. The number of carboxylic acids is 1. The Hall–Kier alpha value is -1.53. The third-order valence-corrected chi connectivity index (χ3v) is 3.36. The van der Waals surface area contributed by atoms with Crippen molar-refractivity contribution in [2.75, 3.05) is 7.11 Å². The Bertz CT molecular complexity index is 522. The predicted octanol–water partition coefficient (Wildman–Crippen LogP) is 2.78. The molecule has 0 aromatic heterocycles. The molecule has 0 saturated carbocycles. The molecule has 0 heterocycles. The molecular formula is C14H19ClFNO4. The number of carboxylic acid groups (broad SMARTS) is 1. The fourth-order valence-electron chi connectivity index (χ4n) is 1.94. The summed E-state index contributed by atoms with van der Waals surface area (Å²) >= 11 is 5.65. The lowest BCUT2D eigenvalue weighted by Crippen LogP contribution is -2.37. The van der Waals surface area contributed by atoms with E-state index >= 15 is 0 Å². The van der Waals surface area contributed by atoms with Gasteiger partial charge in [0.15, 0.2) is 5.82 Å². The summed E-state index contributed by atoms with van der Waals surface area (Å²) < 4.78 is 19.1. The standard InChI is InChI=1S/C14H19ClFNO4/c1-7(2)4-9(14(19)20)17-6-8-11(21-3)5-10(18)12(15)13(8)16/h5,7,9,17-18H,4,6H2,1-3H3,(H,19,20). The van der Waals surface area contributed by atoms with Crippen LogP contribution in [0.4, 0.5) is 4.39 Å². The van der Waals surface area contributed by atoms with E-state index in [1.807, 2.05) is 13.8 Å². The summed E-state index contributed by atoms with van der Waals surface area (Å²) in [5.74, 6) is -1.97. The van der Waals surface area contributed by atoms with Crippen LogP contribution >= 0.6 is 11.6 Å². The second-order valence-corrected chi connectivity index (χ2v) is 5.48. The number of benzene rings is 1. The van der Waals surface area contributed by atoms with Crippen LogP contribution in [0.25, 0.3) is 0 Å². The Kier molecular flexibility index (Phi) is 6.23. The summed E-state index contributed by atoms with van der Waals surface area (Å²) in [4.78, 5) is 11.2. The molecule has 0 aliphatic heterocycles. The first-order valence-electron chi connectivity index (χ1n) is 6.47. The number of methoxy groups -OCH3 is 1. The maximum atomic E-state index is 14.1. The van der Waals surface area contributed by atoms with Gasteiger partial charge in [0.1, 0.15) is 22.6 Å². The number of phenolic OH excluding ortho intramolecular Hbond substituents is 1. The molecule has 1 aromatic rings. The second-order valence-electron chi connectivity index (χ2n) is 5.11. The Morgan fingerprint density at radius 2 is 2.14 bits per heavy atom. The third kappa shape index (κ3) is 4.47. The summed E-state index contributed by atoms with van der Waals surface area (Å²) in [6.07, 6.45) is 0.408. The molecule has 1 unspecified atom stereocenters. The smallest absolute Gasteiger partial charge is 0.320 e. The zero-order valence-corrected chi connectivity index (χ0v) is 12.9. The third-order valence-electron chi connectivity index (χ3n) is 3.00. The fraction of sp³-hybridized carbons (Fsp3) is 0.500. The first kappa shape index (κ1) is 17.5. The Morgan fingerprint density at radius 1 is 1.52 bits per heavy atom. The molecule has 0 aliphatic carbocycles. The number of phenols is 1. The van der Waals surface area contributed by atoms with Crippen LogP contribution in [-0.4, -0.2) is 29.3 Å². The molecule has 1 atom stereocenters. The summed E-state index contributed by atoms with van der Waals surface area (Å²) in [5.41, 5.74) is 0.0790. The molecule has 0 radical (unpaired) electrons. The van der Waals surface area contributed by atoms with Crippen molar-refractivity contribution >= 4 is 17.6 Å². The summed E-state index contributed by atoms with van der Waals surface area (Å²) in [6.45, 7) is 3.73. The largest absolute Gasteiger partial charge is 0.506 e. The van der Waals surface area contributed by atoms with Gasteiger partial charge in [-0.25, -0.2) is 4.39 Å². The van der Waals surface area contributed by atoms with Gasteiger partial charge in [0.25, 0.3) is 0 Å². The highest BCUT2D eigenvalue weighted by Crippen LogP contribution is 2.35. The van der Waals surface area contributed by atoms with Crippen molar-refractivity contribution in [3.8, 4) is 11.5 Å². The van der Waals surface area contributed by atoms with Crippen LogP contribution in [0.15, 0.2) is 6.07 Å². The number of ether oxygens (including phenoxy) is 1. The molecule has 0 bridgehead atoms. The number of halogens is 2. The number of hydrogen-bond donors (Lipinski definition) is 3. The van der Waals surface area contributed by atoms with E-state index in [1.165, 1.54) is 13.2 Å². The summed E-state index contributed by atoms with van der Waals surface area (Å²) in [7, 11) is 1.33. The van der Waals surface area contributed by atoms with E-state index < -0.39 is 28.6 Å². The minimum absolute atomic E-state index is 0.0707. The van der Waals surface area contributed by atoms with Crippen molar-refractivity contribution in [2.24, 2.45) is 5.92 Å². The van der Waals surface area contributed by atoms with Crippen molar-refractivity contribution in [1.82, 2.24) is 5.32 Å². The monoisotopic (exact) mass is 319 g/mol. The number of rotatable bonds is 7. The first-order chi connectivity index (χ1) is 9.77. The minimum Gasteiger partial charge on any atom is -0.506 e. The van der Waals surface area contributed by atoms with Gasteiger partial charge in [0.05, 0.1) is 7.11 Å². The van der Waals surface area contributed by atoms with Gasteiger partial charge in [-0.1, -0.05) is 25.4 Å². The minimum atomic E-state index is -1.01. The van der Waals surface area contributed by atoms with E-state index in [9.17, 15) is 14.3 Å². The number of aliphatic carboxylic acids is 1. The molecule has 118 valence electrons. The highest BCUT2D eigenvalue weighted by molar-refractivity contribution is 6.32. The average Bonchev–Trinajstić information content (AvgIpc) is 2.41. The fourth-order valence-corrected chi connectivity index (χ4v) is 2.11. The highest BCUT2D eigenvalue weighted by atomic mass is 35.5. The van der Waals surface area contributed by atoms with Gasteiger partial charge < -0.3 is 20.3 Å². The molecule has 0 aliphatic rings. The van der Waals surface area contributed by atoms with E-state index in [0.717, 1.165) is 0 Å². The van der Waals surface area contributed by atoms with E-state index in [-0.39, 0.29) is 23.8 Å². The van der Waals surface area contributed by atoms with E-state index in [1.54, 1.807) is 0 Å². The predicted molar refractivity (Wildman–Crippen MR) is 77.3 cm³/mol. The van der Waals surface area contributed by atoms with Crippen molar-refractivity contribution < 1.29 is 24.1 Å². The molecule has 5 nitrogen and oxygen atoms in total. The van der Waals surface area contributed by atoms with Gasteiger partial charge in [-0.15, -0.1) is 0 Å². The van der Waals surface area contributed by atoms with Crippen LogP contribution in [0.1, 0.15) is 25.8 Å². The molecule has 0 fully saturated rings. The van der Waals surface area contributed by atoms with Crippen molar-refractivity contribution in [2.45, 2.75) is 32.9 Å². The Labute approximate surface area is 127 Å².